The van der Waals surface area contributed by atoms with Crippen molar-refractivity contribution in [2.24, 2.45) is 5.92 Å². The summed E-state index contributed by atoms with van der Waals surface area (Å²) >= 11 is 0. The molecule has 0 aromatic heterocycles. The number of halogens is 3. The third-order valence-corrected chi connectivity index (χ3v) is 7.09. The van der Waals surface area contributed by atoms with Crippen molar-refractivity contribution in [1.29, 1.82) is 0 Å². The zero-order chi connectivity index (χ0) is 28.1. The van der Waals surface area contributed by atoms with Crippen molar-refractivity contribution in [2.75, 3.05) is 53.5 Å². The molecule has 2 heterocycles. The molecule has 0 N–H and O–H groups in total. The summed E-state index contributed by atoms with van der Waals surface area (Å²) in [5, 5.41) is 0. The minimum Gasteiger partial charge on any atom is -0.492 e. The number of carbonyl (C=O) groups excluding carboxylic acids is 2. The molecular weight excluding hydrogens is 499 g/mol. The van der Waals surface area contributed by atoms with Crippen molar-refractivity contribution in [1.82, 2.24) is 14.7 Å². The van der Waals surface area contributed by atoms with E-state index in [1.807, 2.05) is 32.7 Å². The van der Waals surface area contributed by atoms with E-state index in [0.717, 1.165) is 0 Å². The molecule has 3 rings (SSSR count). The third kappa shape index (κ3) is 7.13. The number of hydrogen-bond donors (Lipinski definition) is 0. The molecule has 210 valence electrons. The molecule has 0 bridgehead atoms. The molecule has 1 aromatic carbocycles. The summed E-state index contributed by atoms with van der Waals surface area (Å²) in [7, 11) is 3.40. The molecule has 1 fully saturated rings. The van der Waals surface area contributed by atoms with Crippen LogP contribution >= 0.6 is 0 Å². The normalized spacial score (nSPS) is 21.7. The van der Waals surface area contributed by atoms with Gasteiger partial charge in [-0.05, 0) is 58.2 Å². The lowest BCUT2D eigenvalue weighted by atomic mass is 9.92. The minimum atomic E-state index is -4.92. The van der Waals surface area contributed by atoms with E-state index in [1.54, 1.807) is 15.9 Å². The van der Waals surface area contributed by atoms with Crippen LogP contribution in [0.3, 0.4) is 0 Å². The molecule has 7 nitrogen and oxygen atoms in total. The Morgan fingerprint density at radius 1 is 1.11 bits per heavy atom. The van der Waals surface area contributed by atoms with Crippen molar-refractivity contribution < 1.29 is 32.2 Å². The number of carbonyl (C=O) groups is 2. The fourth-order valence-electron chi connectivity index (χ4n) is 4.91. The lowest BCUT2D eigenvalue weighted by Gasteiger charge is -2.41. The number of rotatable bonds is 6. The molecule has 0 saturated carbocycles. The second kappa shape index (κ2) is 12.3. The largest absolute Gasteiger partial charge is 0.492 e. The van der Waals surface area contributed by atoms with Crippen molar-refractivity contribution in [3.05, 3.63) is 35.5 Å². The van der Waals surface area contributed by atoms with Gasteiger partial charge in [-0.15, -0.1) is 0 Å². The van der Waals surface area contributed by atoms with Crippen LogP contribution in [0.1, 0.15) is 56.8 Å². The Labute approximate surface area is 223 Å². The van der Waals surface area contributed by atoms with Crippen molar-refractivity contribution in [3.63, 3.8) is 0 Å². The maximum absolute atomic E-state index is 13.5. The number of methoxy groups -OCH3 is 1. The highest BCUT2D eigenvalue weighted by atomic mass is 19.4. The number of alkyl halides is 3. The Morgan fingerprint density at radius 3 is 2.47 bits per heavy atom. The quantitative estimate of drug-likeness (QED) is 0.537. The van der Waals surface area contributed by atoms with Crippen LogP contribution in [0.4, 0.5) is 13.2 Å². The Kier molecular flexibility index (Phi) is 9.58. The summed E-state index contributed by atoms with van der Waals surface area (Å²) < 4.78 is 51.0. The van der Waals surface area contributed by atoms with E-state index in [4.69, 9.17) is 9.47 Å². The zero-order valence-corrected chi connectivity index (χ0v) is 22.9. The highest BCUT2D eigenvalue weighted by Crippen LogP contribution is 2.38. The molecule has 1 unspecified atom stereocenters. The maximum atomic E-state index is 13.5. The summed E-state index contributed by atoms with van der Waals surface area (Å²) in [5.74, 6) is -0.892. The number of Topliss-reactive ketones (excluding diaryl/α,β-unsaturated/α-hetero) is 1. The van der Waals surface area contributed by atoms with Crippen molar-refractivity contribution in [3.8, 4) is 11.5 Å². The maximum Gasteiger partial charge on any atom is 0.456 e. The second-order valence-corrected chi connectivity index (χ2v) is 10.7. The molecule has 0 aliphatic carbocycles. The van der Waals surface area contributed by atoms with E-state index in [1.165, 1.54) is 13.2 Å². The first-order valence-corrected chi connectivity index (χ1v) is 13.1. The Morgan fingerprint density at radius 2 is 1.82 bits per heavy atom. The van der Waals surface area contributed by atoms with Gasteiger partial charge in [0.2, 0.25) is 5.75 Å². The van der Waals surface area contributed by atoms with Crippen LogP contribution in [0.5, 0.6) is 11.5 Å². The topological polar surface area (TPSA) is 62.3 Å². The van der Waals surface area contributed by atoms with Crippen LogP contribution < -0.4 is 9.47 Å². The summed E-state index contributed by atoms with van der Waals surface area (Å²) in [6.45, 7) is 8.87. The molecule has 1 atom stereocenters. The number of fused-ring (bicyclic) bond motifs is 1. The molecule has 1 aromatic rings. The lowest BCUT2D eigenvalue weighted by Crippen LogP contribution is -2.49. The first kappa shape index (κ1) is 29.6. The fraction of sp³-hybridized carbons (Fsp3) is 0.643. The molecule has 1 saturated heterocycles. The highest BCUT2D eigenvalue weighted by molar-refractivity contribution is 5.99. The first-order chi connectivity index (χ1) is 17.9. The predicted molar refractivity (Wildman–Crippen MR) is 137 cm³/mol. The van der Waals surface area contributed by atoms with Gasteiger partial charge < -0.3 is 24.2 Å². The Hall–Kier alpha value is -2.93. The average molecular weight is 538 g/mol. The van der Waals surface area contributed by atoms with Gasteiger partial charge >= 0.3 is 6.18 Å². The first-order valence-electron chi connectivity index (χ1n) is 13.1. The number of nitrogens with zero attached hydrogens (tertiary/aromatic N) is 3. The van der Waals surface area contributed by atoms with Gasteiger partial charge in [0.15, 0.2) is 5.75 Å². The van der Waals surface area contributed by atoms with Crippen LogP contribution in [-0.4, -0.2) is 91.6 Å². The summed E-state index contributed by atoms with van der Waals surface area (Å²) in [6.07, 6.45) is -1.35. The van der Waals surface area contributed by atoms with Gasteiger partial charge in [-0.1, -0.05) is 26.0 Å². The van der Waals surface area contributed by atoms with Crippen LogP contribution in [-0.2, 0) is 4.79 Å². The van der Waals surface area contributed by atoms with Gasteiger partial charge in [0, 0.05) is 37.8 Å². The standard InChI is InChI=1S/C28H38F3N3O4/c1-20(2)19-38-23-9-8-21(18-24(23)37-5)26(36)33-14-6-11-27(3)12-10-22(25(35)28(29,30)31)34(27)17-16-32(4)13-7-15-33/h10,18,20H,6-7,11-17,19H2,1-5H3. The van der Waals surface area contributed by atoms with Crippen LogP contribution in [0, 0.1) is 18.1 Å². The van der Waals surface area contributed by atoms with E-state index in [2.05, 4.69) is 12.1 Å². The monoisotopic (exact) mass is 537 g/mol. The van der Waals surface area contributed by atoms with Crippen LogP contribution in [0.25, 0.3) is 0 Å². The fourth-order valence-corrected chi connectivity index (χ4v) is 4.91. The van der Waals surface area contributed by atoms with Gasteiger partial charge in [0.1, 0.15) is 0 Å². The van der Waals surface area contributed by atoms with Gasteiger partial charge in [-0.3, -0.25) is 9.59 Å². The minimum absolute atomic E-state index is 0.214. The lowest BCUT2D eigenvalue weighted by molar-refractivity contribution is -0.168. The number of allylic oxidation sites excluding steroid dienone is 1. The number of amides is 1. The van der Waals surface area contributed by atoms with Crippen LogP contribution in [0.2, 0.25) is 0 Å². The summed E-state index contributed by atoms with van der Waals surface area (Å²) in [4.78, 5) is 31.0. The smallest absolute Gasteiger partial charge is 0.456 e. The molecule has 0 radical (unpaired) electrons. The Balaban J connectivity index is 1.77. The summed E-state index contributed by atoms with van der Waals surface area (Å²) in [5.41, 5.74) is -0.591. The molecule has 2 aliphatic heterocycles. The number of likely N-dealkylation sites (N-methyl/N-ethyl adjacent to an activating group) is 1. The summed E-state index contributed by atoms with van der Waals surface area (Å²) in [6, 6.07) is 7.43. The van der Waals surface area contributed by atoms with E-state index in [9.17, 15) is 22.8 Å². The molecule has 0 spiro atoms. The number of ketones is 1. The molecule has 38 heavy (non-hydrogen) atoms. The predicted octanol–water partition coefficient (Wildman–Crippen LogP) is 4.37. The van der Waals surface area contributed by atoms with Crippen LogP contribution in [0.15, 0.2) is 17.8 Å². The van der Waals surface area contributed by atoms with E-state index in [0.29, 0.717) is 88.0 Å². The Bertz CT molecular complexity index is 1030. The van der Waals surface area contributed by atoms with Gasteiger partial charge in [-0.25, -0.2) is 0 Å². The van der Waals surface area contributed by atoms with Gasteiger partial charge in [0.25, 0.3) is 11.7 Å². The van der Waals surface area contributed by atoms with E-state index in [-0.39, 0.29) is 11.6 Å². The van der Waals surface area contributed by atoms with Gasteiger partial charge in [0.05, 0.1) is 25.0 Å². The second-order valence-electron chi connectivity index (χ2n) is 10.7. The third-order valence-electron chi connectivity index (χ3n) is 7.09. The number of ether oxygens (including phenoxy) is 2. The zero-order valence-electron chi connectivity index (χ0n) is 22.9. The molecular formula is C28H38F3N3O4. The van der Waals surface area contributed by atoms with Crippen molar-refractivity contribution >= 4 is 11.7 Å². The highest BCUT2D eigenvalue weighted by Gasteiger charge is 2.48. The molecule has 1 amide bonds. The van der Waals surface area contributed by atoms with Gasteiger partial charge in [-0.2, -0.15) is 13.2 Å². The van der Waals surface area contributed by atoms with E-state index >= 15 is 0 Å². The molecule has 10 heteroatoms. The number of hydrogen-bond acceptors (Lipinski definition) is 6. The average Bonchev–Trinajstić information content (AvgIpc) is 3.18. The molecule has 2 aliphatic rings. The van der Waals surface area contributed by atoms with E-state index < -0.39 is 17.5 Å². The SMILES string of the molecule is COc1cc(C(=O)N2CCCN(C)CCN3C(C(=O)C(F)(F)F)=CCC3(C)CCC2)c#cc1OCC(C)C. The van der Waals surface area contributed by atoms with Crippen molar-refractivity contribution in [2.45, 2.75) is 58.2 Å².